The molecule has 1 saturated heterocycles. The molecule has 3 rings (SSSR count). The number of benzene rings is 2. The smallest absolute Gasteiger partial charge is 0.293 e. The summed E-state index contributed by atoms with van der Waals surface area (Å²) in [5, 5.41) is 0.342. The lowest BCUT2D eigenvalue weighted by atomic mass is 10.1. The highest BCUT2D eigenvalue weighted by molar-refractivity contribution is 9.10. The number of hydrogen-bond acceptors (Lipinski definition) is 5. The van der Waals surface area contributed by atoms with E-state index in [-0.39, 0.29) is 18.1 Å². The van der Waals surface area contributed by atoms with Crippen molar-refractivity contribution in [1.29, 1.82) is 0 Å². The summed E-state index contributed by atoms with van der Waals surface area (Å²) in [5.74, 6) is 2.75. The van der Waals surface area contributed by atoms with Crippen LogP contribution in [0.3, 0.4) is 0 Å². The molecule has 9 heteroatoms. The van der Waals surface area contributed by atoms with Gasteiger partial charge in [-0.15, -0.1) is 6.42 Å². The van der Waals surface area contributed by atoms with Crippen molar-refractivity contribution in [2.75, 3.05) is 13.7 Å². The second-order valence-electron chi connectivity index (χ2n) is 5.99. The molecule has 1 fully saturated rings. The summed E-state index contributed by atoms with van der Waals surface area (Å²) in [7, 11) is 1.50. The van der Waals surface area contributed by atoms with Crippen LogP contribution in [0.5, 0.6) is 11.5 Å². The van der Waals surface area contributed by atoms with Crippen LogP contribution in [0.15, 0.2) is 39.7 Å². The molecule has 0 spiro atoms. The Kier molecular flexibility index (Phi) is 7.37. The molecule has 2 amide bonds. The highest BCUT2D eigenvalue weighted by Gasteiger charge is 2.36. The van der Waals surface area contributed by atoms with E-state index in [4.69, 9.17) is 39.1 Å². The molecule has 0 saturated carbocycles. The van der Waals surface area contributed by atoms with Gasteiger partial charge in [0.2, 0.25) is 0 Å². The Morgan fingerprint density at radius 3 is 2.60 bits per heavy atom. The van der Waals surface area contributed by atoms with E-state index in [0.29, 0.717) is 37.1 Å². The number of terminal acetylenes is 1. The van der Waals surface area contributed by atoms with Gasteiger partial charge in [0.05, 0.1) is 18.6 Å². The molecule has 0 aromatic heterocycles. The fourth-order valence-corrected chi connectivity index (χ4v) is 4.54. The Balaban J connectivity index is 1.96. The molecule has 0 bridgehead atoms. The predicted molar refractivity (Wildman–Crippen MR) is 123 cm³/mol. The molecule has 0 radical (unpaired) electrons. The first-order valence-electron chi connectivity index (χ1n) is 8.47. The molecular weight excluding hydrogens is 513 g/mol. The lowest BCUT2D eigenvalue weighted by Gasteiger charge is -2.15. The van der Waals surface area contributed by atoms with Crippen LogP contribution in [-0.2, 0) is 11.3 Å². The molecule has 5 nitrogen and oxygen atoms in total. The lowest BCUT2D eigenvalue weighted by molar-refractivity contribution is -0.123. The van der Waals surface area contributed by atoms with Gasteiger partial charge in [-0.2, -0.15) is 0 Å². The number of rotatable bonds is 6. The Labute approximate surface area is 196 Å². The first-order valence-corrected chi connectivity index (χ1v) is 10.8. The molecule has 1 aliphatic heterocycles. The third kappa shape index (κ3) is 4.79. The highest BCUT2D eigenvalue weighted by atomic mass is 79.9. The zero-order chi connectivity index (χ0) is 21.8. The molecule has 2 aromatic carbocycles. The van der Waals surface area contributed by atoms with Crippen molar-refractivity contribution < 1.29 is 19.1 Å². The van der Waals surface area contributed by atoms with Gasteiger partial charge >= 0.3 is 0 Å². The van der Waals surface area contributed by atoms with Crippen molar-refractivity contribution in [3.8, 4) is 23.8 Å². The maximum absolute atomic E-state index is 12.9. The maximum Gasteiger partial charge on any atom is 0.293 e. The molecule has 30 heavy (non-hydrogen) atoms. The number of imide groups is 1. The zero-order valence-corrected chi connectivity index (χ0v) is 19.5. The highest BCUT2D eigenvalue weighted by Crippen LogP contribution is 2.40. The van der Waals surface area contributed by atoms with Crippen LogP contribution in [0.1, 0.15) is 11.1 Å². The number of methoxy groups -OCH3 is 1. The molecule has 1 heterocycles. The van der Waals surface area contributed by atoms with Crippen LogP contribution in [0, 0.1) is 12.3 Å². The summed E-state index contributed by atoms with van der Waals surface area (Å²) in [6.45, 7) is -0.00587. The molecule has 0 N–H and O–H groups in total. The normalized spacial score (nSPS) is 14.9. The van der Waals surface area contributed by atoms with Gasteiger partial charge < -0.3 is 9.47 Å². The van der Waals surface area contributed by atoms with Crippen molar-refractivity contribution in [3.63, 3.8) is 0 Å². The Hall–Kier alpha value is -2.11. The Bertz CT molecular complexity index is 1080. The summed E-state index contributed by atoms with van der Waals surface area (Å²) >= 11 is 16.6. The number of carbonyl (C=O) groups is 2. The van der Waals surface area contributed by atoms with Gasteiger partial charge in [-0.25, -0.2) is 0 Å². The van der Waals surface area contributed by atoms with Crippen LogP contribution in [0.2, 0.25) is 10.0 Å². The number of nitrogens with zero attached hydrogens (tertiary/aromatic N) is 1. The minimum atomic E-state index is -0.456. The van der Waals surface area contributed by atoms with Crippen molar-refractivity contribution in [2.45, 2.75) is 6.54 Å². The first-order chi connectivity index (χ1) is 14.3. The largest absolute Gasteiger partial charge is 0.493 e. The summed E-state index contributed by atoms with van der Waals surface area (Å²) in [6.07, 6.45) is 6.86. The van der Waals surface area contributed by atoms with E-state index in [1.807, 2.05) is 0 Å². The topological polar surface area (TPSA) is 55.8 Å². The average molecular weight is 527 g/mol. The van der Waals surface area contributed by atoms with E-state index in [2.05, 4.69) is 21.9 Å². The summed E-state index contributed by atoms with van der Waals surface area (Å²) in [6, 6.07) is 8.46. The summed E-state index contributed by atoms with van der Waals surface area (Å²) in [4.78, 5) is 26.8. The molecule has 0 unspecified atom stereocenters. The number of halogens is 3. The van der Waals surface area contributed by atoms with Crippen LogP contribution >= 0.6 is 50.9 Å². The fourth-order valence-electron chi connectivity index (χ4n) is 2.73. The van der Waals surface area contributed by atoms with Gasteiger partial charge in [-0.3, -0.25) is 14.5 Å². The quantitative estimate of drug-likeness (QED) is 0.340. The molecule has 1 aliphatic rings. The van der Waals surface area contributed by atoms with Gasteiger partial charge in [0, 0.05) is 25.6 Å². The van der Waals surface area contributed by atoms with E-state index in [1.54, 1.807) is 36.4 Å². The number of thioether (sulfide) groups is 1. The number of amides is 2. The second kappa shape index (κ2) is 9.80. The van der Waals surface area contributed by atoms with Gasteiger partial charge in [-0.05, 0) is 42.1 Å². The van der Waals surface area contributed by atoms with Crippen LogP contribution in [0.4, 0.5) is 4.79 Å². The van der Waals surface area contributed by atoms with E-state index in [1.165, 1.54) is 7.11 Å². The fraction of sp³-hybridized carbons (Fsp3) is 0.143. The van der Waals surface area contributed by atoms with Crippen molar-refractivity contribution in [2.24, 2.45) is 0 Å². The van der Waals surface area contributed by atoms with E-state index >= 15 is 0 Å². The van der Waals surface area contributed by atoms with Gasteiger partial charge in [-0.1, -0.05) is 51.1 Å². The minimum absolute atomic E-state index is 0.0192. The lowest BCUT2D eigenvalue weighted by Crippen LogP contribution is -2.27. The molecule has 0 atom stereocenters. The van der Waals surface area contributed by atoms with Gasteiger partial charge in [0.25, 0.3) is 11.1 Å². The Morgan fingerprint density at radius 1 is 1.27 bits per heavy atom. The molecule has 154 valence electrons. The maximum atomic E-state index is 12.9. The van der Waals surface area contributed by atoms with Gasteiger partial charge in [0.15, 0.2) is 11.5 Å². The third-order valence-corrected chi connectivity index (χ3v) is 6.18. The third-order valence-electron chi connectivity index (χ3n) is 4.11. The van der Waals surface area contributed by atoms with Crippen molar-refractivity contribution in [3.05, 3.63) is 60.9 Å². The number of carbonyl (C=O) groups excluding carboxylic acids is 2. The molecule has 2 aromatic rings. The monoisotopic (exact) mass is 525 g/mol. The Morgan fingerprint density at radius 2 is 1.97 bits per heavy atom. The van der Waals surface area contributed by atoms with E-state index in [0.717, 1.165) is 16.7 Å². The SMILES string of the molecule is C#CCOc1c(/C=C2\SC(=O)N(Cc3c(Cl)cccc3Cl)C2=O)cc(Br)cc1OC. The van der Waals surface area contributed by atoms with Crippen LogP contribution in [-0.4, -0.2) is 29.8 Å². The van der Waals surface area contributed by atoms with Crippen LogP contribution in [0.25, 0.3) is 6.08 Å². The predicted octanol–water partition coefficient (Wildman–Crippen LogP) is 6.01. The van der Waals surface area contributed by atoms with Crippen molar-refractivity contribution >= 4 is 68.1 Å². The number of hydrogen-bond donors (Lipinski definition) is 0. The average Bonchev–Trinajstić information content (AvgIpc) is 2.96. The molecule has 0 aliphatic carbocycles. The van der Waals surface area contributed by atoms with Gasteiger partial charge in [0.1, 0.15) is 6.61 Å². The first kappa shape index (κ1) is 22.6. The van der Waals surface area contributed by atoms with Crippen molar-refractivity contribution in [1.82, 2.24) is 4.90 Å². The molecular formula is C21H14BrCl2NO4S. The van der Waals surface area contributed by atoms with E-state index in [9.17, 15) is 9.59 Å². The second-order valence-corrected chi connectivity index (χ2v) is 8.71. The van der Waals surface area contributed by atoms with Crippen LogP contribution < -0.4 is 9.47 Å². The number of ether oxygens (including phenoxy) is 2. The minimum Gasteiger partial charge on any atom is -0.493 e. The summed E-state index contributed by atoms with van der Waals surface area (Å²) < 4.78 is 11.7. The van der Waals surface area contributed by atoms with E-state index < -0.39 is 11.1 Å². The summed E-state index contributed by atoms with van der Waals surface area (Å²) in [5.41, 5.74) is 1.05. The standard InChI is InChI=1S/C21H14BrCl2NO4S/c1-3-7-29-19-12(8-13(22)10-17(19)28-2)9-18-20(26)25(21(27)30-18)11-14-15(23)5-4-6-16(14)24/h1,4-6,8-10H,7,11H2,2H3/b18-9-. The zero-order valence-electron chi connectivity index (χ0n) is 15.6.